The van der Waals surface area contributed by atoms with Gasteiger partial charge in [-0.15, -0.1) is 4.89 Å². The zero-order chi connectivity index (χ0) is 12.4. The van der Waals surface area contributed by atoms with Crippen molar-refractivity contribution in [3.63, 3.8) is 0 Å². The third-order valence-electron chi connectivity index (χ3n) is 1.79. The van der Waals surface area contributed by atoms with Crippen LogP contribution in [0.2, 0.25) is 19.6 Å². The Morgan fingerprint density at radius 3 is 2.06 bits per heavy atom. The SMILES string of the molecule is Cc1ccc(S(=O)(=O)NO[Si](C)(C)C)cc1. The van der Waals surface area contributed by atoms with Crippen LogP contribution in [0, 0.1) is 6.92 Å². The van der Waals surface area contributed by atoms with Gasteiger partial charge >= 0.3 is 0 Å². The molecule has 0 saturated heterocycles. The predicted octanol–water partition coefficient (Wildman–Crippen LogP) is 2.04. The van der Waals surface area contributed by atoms with Crippen molar-refractivity contribution >= 4 is 18.3 Å². The van der Waals surface area contributed by atoms with E-state index >= 15 is 0 Å². The lowest BCUT2D eigenvalue weighted by molar-refractivity contribution is 0.261. The lowest BCUT2D eigenvalue weighted by Gasteiger charge is -2.17. The van der Waals surface area contributed by atoms with Gasteiger partial charge < -0.3 is 4.53 Å². The summed E-state index contributed by atoms with van der Waals surface area (Å²) < 4.78 is 28.7. The molecule has 90 valence electrons. The quantitative estimate of drug-likeness (QED) is 0.665. The Morgan fingerprint density at radius 2 is 1.62 bits per heavy atom. The molecule has 1 aromatic carbocycles. The average Bonchev–Trinajstić information content (AvgIpc) is 2.15. The number of hydrogen-bond donors (Lipinski definition) is 1. The monoisotopic (exact) mass is 259 g/mol. The molecule has 1 rings (SSSR count). The average molecular weight is 259 g/mol. The van der Waals surface area contributed by atoms with E-state index < -0.39 is 18.3 Å². The summed E-state index contributed by atoms with van der Waals surface area (Å²) in [6, 6.07) is 6.63. The fraction of sp³-hybridized carbons (Fsp3) is 0.400. The lowest BCUT2D eigenvalue weighted by atomic mass is 10.2. The summed E-state index contributed by atoms with van der Waals surface area (Å²) in [6.45, 7) is 7.63. The number of aryl methyl sites for hydroxylation is 1. The van der Waals surface area contributed by atoms with Gasteiger partial charge in [-0.25, -0.2) is 8.42 Å². The Balaban J connectivity index is 2.83. The fourth-order valence-electron chi connectivity index (χ4n) is 0.945. The molecule has 1 aromatic rings. The molecule has 0 spiro atoms. The summed E-state index contributed by atoms with van der Waals surface area (Å²) in [5, 5.41) is 0. The number of sulfonamides is 1. The third-order valence-corrected chi connectivity index (χ3v) is 3.85. The molecule has 0 aromatic heterocycles. The van der Waals surface area contributed by atoms with Gasteiger partial charge in [0.05, 0.1) is 4.90 Å². The molecule has 0 unspecified atom stereocenters. The van der Waals surface area contributed by atoms with Crippen molar-refractivity contribution in [2.45, 2.75) is 31.5 Å². The third kappa shape index (κ3) is 4.05. The molecule has 6 heteroatoms. The van der Waals surface area contributed by atoms with Crippen molar-refractivity contribution in [2.24, 2.45) is 0 Å². The first-order valence-electron chi connectivity index (χ1n) is 4.97. The smallest absolute Gasteiger partial charge is 0.261 e. The second-order valence-corrected chi connectivity index (χ2v) is 10.7. The van der Waals surface area contributed by atoms with E-state index in [0.29, 0.717) is 0 Å². The van der Waals surface area contributed by atoms with E-state index in [4.69, 9.17) is 4.53 Å². The highest BCUT2D eigenvalue weighted by molar-refractivity contribution is 7.89. The van der Waals surface area contributed by atoms with E-state index in [9.17, 15) is 8.42 Å². The molecule has 16 heavy (non-hydrogen) atoms. The summed E-state index contributed by atoms with van der Waals surface area (Å²) in [7, 11) is -5.45. The Hall–Kier alpha value is -0.693. The van der Waals surface area contributed by atoms with Crippen LogP contribution >= 0.6 is 0 Å². The molecule has 4 nitrogen and oxygen atoms in total. The normalized spacial score (nSPS) is 12.8. The van der Waals surface area contributed by atoms with Crippen LogP contribution in [0.5, 0.6) is 0 Å². The van der Waals surface area contributed by atoms with Crippen LogP contribution in [-0.2, 0) is 14.6 Å². The first-order valence-corrected chi connectivity index (χ1v) is 9.86. The van der Waals surface area contributed by atoms with Gasteiger partial charge in [0.2, 0.25) is 8.32 Å². The molecule has 0 fully saturated rings. The van der Waals surface area contributed by atoms with Crippen molar-refractivity contribution in [2.75, 3.05) is 0 Å². The van der Waals surface area contributed by atoms with E-state index in [1.807, 2.05) is 26.6 Å². The Bertz CT molecular complexity index is 448. The molecule has 0 bridgehead atoms. The molecular weight excluding hydrogens is 242 g/mol. The van der Waals surface area contributed by atoms with Crippen LogP contribution in [-0.4, -0.2) is 16.7 Å². The maximum absolute atomic E-state index is 11.8. The maximum Gasteiger partial charge on any atom is 0.261 e. The molecular formula is C10H17NO3SSi. The van der Waals surface area contributed by atoms with E-state index in [1.165, 1.54) is 0 Å². The minimum absolute atomic E-state index is 0.219. The van der Waals surface area contributed by atoms with Crippen LogP contribution in [0.4, 0.5) is 0 Å². The van der Waals surface area contributed by atoms with E-state index in [2.05, 4.69) is 4.89 Å². The highest BCUT2D eigenvalue weighted by atomic mass is 32.2. The molecule has 0 heterocycles. The van der Waals surface area contributed by atoms with Gasteiger partial charge in [-0.2, -0.15) is 0 Å². The van der Waals surface area contributed by atoms with Crippen LogP contribution in [0.3, 0.4) is 0 Å². The van der Waals surface area contributed by atoms with Crippen LogP contribution < -0.4 is 4.89 Å². The van der Waals surface area contributed by atoms with E-state index in [-0.39, 0.29) is 4.90 Å². The van der Waals surface area contributed by atoms with Crippen molar-refractivity contribution in [1.29, 1.82) is 0 Å². The highest BCUT2D eigenvalue weighted by Gasteiger charge is 2.20. The van der Waals surface area contributed by atoms with Crippen molar-refractivity contribution < 1.29 is 12.9 Å². The fourth-order valence-corrected chi connectivity index (χ4v) is 2.97. The van der Waals surface area contributed by atoms with E-state index in [0.717, 1.165) is 5.56 Å². The molecule has 0 aliphatic heterocycles. The summed E-state index contributed by atoms with van der Waals surface area (Å²) in [4.78, 5) is 2.39. The topological polar surface area (TPSA) is 55.4 Å². The largest absolute Gasteiger partial charge is 0.332 e. The summed E-state index contributed by atoms with van der Waals surface area (Å²) in [6.07, 6.45) is 0. The molecule has 0 aliphatic carbocycles. The van der Waals surface area contributed by atoms with Crippen LogP contribution in [0.25, 0.3) is 0 Å². The van der Waals surface area contributed by atoms with Crippen molar-refractivity contribution in [3.05, 3.63) is 29.8 Å². The first kappa shape index (κ1) is 13.4. The van der Waals surface area contributed by atoms with Crippen molar-refractivity contribution in [1.82, 2.24) is 4.89 Å². The predicted molar refractivity (Wildman–Crippen MR) is 65.9 cm³/mol. The summed E-state index contributed by atoms with van der Waals surface area (Å²) in [5.41, 5.74) is 1.02. The second kappa shape index (κ2) is 4.66. The second-order valence-electron chi connectivity index (χ2n) is 4.61. The minimum Gasteiger partial charge on any atom is -0.332 e. The highest BCUT2D eigenvalue weighted by Crippen LogP contribution is 2.11. The number of benzene rings is 1. The van der Waals surface area contributed by atoms with Gasteiger partial charge in [0.15, 0.2) is 0 Å². The first-order chi connectivity index (χ1) is 7.21. The van der Waals surface area contributed by atoms with Crippen LogP contribution in [0.1, 0.15) is 5.56 Å². The van der Waals surface area contributed by atoms with Crippen LogP contribution in [0.15, 0.2) is 29.2 Å². The molecule has 0 atom stereocenters. The lowest BCUT2D eigenvalue weighted by Crippen LogP contribution is -2.37. The molecule has 0 saturated carbocycles. The maximum atomic E-state index is 11.8. The number of rotatable bonds is 4. The zero-order valence-corrected chi connectivity index (χ0v) is 11.8. The zero-order valence-electron chi connectivity index (χ0n) is 9.94. The number of hydrogen-bond acceptors (Lipinski definition) is 3. The van der Waals surface area contributed by atoms with Gasteiger partial charge in [0.25, 0.3) is 10.0 Å². The molecule has 1 N–H and O–H groups in total. The van der Waals surface area contributed by atoms with Gasteiger partial charge in [-0.3, -0.25) is 0 Å². The Kier molecular flexibility index (Phi) is 3.90. The molecule has 0 radical (unpaired) electrons. The van der Waals surface area contributed by atoms with Gasteiger partial charge in [-0.05, 0) is 38.7 Å². The summed E-state index contributed by atoms with van der Waals surface area (Å²) in [5.74, 6) is 0. The number of nitrogens with one attached hydrogen (secondary N) is 1. The summed E-state index contributed by atoms with van der Waals surface area (Å²) >= 11 is 0. The minimum atomic E-state index is -3.55. The Labute approximate surface area is 97.8 Å². The van der Waals surface area contributed by atoms with Gasteiger partial charge in [-0.1, -0.05) is 17.7 Å². The Morgan fingerprint density at radius 1 is 1.12 bits per heavy atom. The standard InChI is InChI=1S/C10H17NO3SSi/c1-9-5-7-10(8-6-9)15(12,13)11-14-16(2,3)4/h5-8,11H,1-4H3. The van der Waals surface area contributed by atoms with E-state index in [1.54, 1.807) is 24.3 Å². The van der Waals surface area contributed by atoms with Gasteiger partial charge in [0.1, 0.15) is 0 Å². The van der Waals surface area contributed by atoms with Crippen molar-refractivity contribution in [3.8, 4) is 0 Å². The van der Waals surface area contributed by atoms with Gasteiger partial charge in [0, 0.05) is 0 Å². The molecule has 0 amide bonds. The molecule has 0 aliphatic rings.